The average molecular weight is 248 g/mol. The standard InChI is InChI=1S/C13H20N4O/c1-10(2)9-14-12-6-5-11(15-16-12)13(18)17-7-3-4-8-17/h5-6,10H,3-4,7-9H2,1-2H3,(H,14,16). The lowest BCUT2D eigenvalue weighted by atomic mass is 10.2. The lowest BCUT2D eigenvalue weighted by molar-refractivity contribution is 0.0786. The fourth-order valence-corrected chi connectivity index (χ4v) is 1.93. The molecule has 1 fully saturated rings. The highest BCUT2D eigenvalue weighted by Crippen LogP contribution is 2.12. The normalized spacial score (nSPS) is 15.2. The van der Waals surface area contributed by atoms with Gasteiger partial charge in [-0.3, -0.25) is 4.79 Å². The number of amides is 1. The van der Waals surface area contributed by atoms with E-state index in [4.69, 9.17) is 0 Å². The highest BCUT2D eigenvalue weighted by atomic mass is 16.2. The van der Waals surface area contributed by atoms with Crippen molar-refractivity contribution in [2.45, 2.75) is 26.7 Å². The van der Waals surface area contributed by atoms with E-state index in [1.54, 1.807) is 6.07 Å². The molecule has 0 radical (unpaired) electrons. The van der Waals surface area contributed by atoms with Gasteiger partial charge in [0.2, 0.25) is 0 Å². The maximum Gasteiger partial charge on any atom is 0.274 e. The number of carbonyl (C=O) groups excluding carboxylic acids is 1. The molecule has 1 aromatic rings. The van der Waals surface area contributed by atoms with Crippen LogP contribution in [0.3, 0.4) is 0 Å². The Bertz CT molecular complexity index is 396. The van der Waals surface area contributed by atoms with Crippen LogP contribution >= 0.6 is 0 Å². The van der Waals surface area contributed by atoms with Crippen molar-refractivity contribution >= 4 is 11.7 Å². The third-order valence-electron chi connectivity index (χ3n) is 2.97. The number of hydrogen-bond acceptors (Lipinski definition) is 4. The highest BCUT2D eigenvalue weighted by Gasteiger charge is 2.20. The molecule has 2 rings (SSSR count). The Balaban J connectivity index is 1.96. The second-order valence-electron chi connectivity index (χ2n) is 5.08. The van der Waals surface area contributed by atoms with E-state index in [1.807, 2.05) is 11.0 Å². The zero-order valence-electron chi connectivity index (χ0n) is 11.0. The molecule has 0 saturated carbocycles. The van der Waals surface area contributed by atoms with E-state index >= 15 is 0 Å². The fourth-order valence-electron chi connectivity index (χ4n) is 1.93. The third kappa shape index (κ3) is 3.18. The van der Waals surface area contributed by atoms with Crippen molar-refractivity contribution < 1.29 is 4.79 Å². The molecule has 0 aliphatic carbocycles. The number of aromatic nitrogens is 2. The van der Waals surface area contributed by atoms with E-state index in [2.05, 4.69) is 29.4 Å². The molecule has 1 saturated heterocycles. The first-order valence-corrected chi connectivity index (χ1v) is 6.53. The maximum atomic E-state index is 12.0. The minimum atomic E-state index is -0.00425. The number of nitrogens with zero attached hydrogens (tertiary/aromatic N) is 3. The van der Waals surface area contributed by atoms with Gasteiger partial charge in [0.15, 0.2) is 5.69 Å². The number of hydrogen-bond donors (Lipinski definition) is 1. The predicted octanol–water partition coefficient (Wildman–Crippen LogP) is 1.78. The molecule has 1 N–H and O–H groups in total. The SMILES string of the molecule is CC(C)CNc1ccc(C(=O)N2CCCC2)nn1. The topological polar surface area (TPSA) is 58.1 Å². The van der Waals surface area contributed by atoms with Crippen LogP contribution in [0.25, 0.3) is 0 Å². The van der Waals surface area contributed by atoms with Crippen LogP contribution < -0.4 is 5.32 Å². The number of likely N-dealkylation sites (tertiary alicyclic amines) is 1. The van der Waals surface area contributed by atoms with Crippen molar-refractivity contribution in [3.8, 4) is 0 Å². The zero-order chi connectivity index (χ0) is 13.0. The van der Waals surface area contributed by atoms with Gasteiger partial charge in [-0.15, -0.1) is 10.2 Å². The number of anilines is 1. The molecular weight excluding hydrogens is 228 g/mol. The summed E-state index contributed by atoms with van der Waals surface area (Å²) in [4.78, 5) is 13.9. The Hall–Kier alpha value is -1.65. The van der Waals surface area contributed by atoms with Crippen molar-refractivity contribution in [3.05, 3.63) is 17.8 Å². The van der Waals surface area contributed by atoms with E-state index in [1.165, 1.54) is 0 Å². The summed E-state index contributed by atoms with van der Waals surface area (Å²) in [6.45, 7) is 6.80. The second-order valence-corrected chi connectivity index (χ2v) is 5.08. The summed E-state index contributed by atoms with van der Waals surface area (Å²) >= 11 is 0. The van der Waals surface area contributed by atoms with Crippen LogP contribution in [0.1, 0.15) is 37.2 Å². The molecule has 0 aromatic carbocycles. The highest BCUT2D eigenvalue weighted by molar-refractivity contribution is 5.92. The summed E-state index contributed by atoms with van der Waals surface area (Å²) in [7, 11) is 0. The van der Waals surface area contributed by atoms with Crippen LogP contribution in [0.5, 0.6) is 0 Å². The zero-order valence-corrected chi connectivity index (χ0v) is 11.0. The van der Waals surface area contributed by atoms with Crippen molar-refractivity contribution in [2.75, 3.05) is 25.0 Å². The molecule has 2 heterocycles. The van der Waals surface area contributed by atoms with Gasteiger partial charge in [-0.1, -0.05) is 13.8 Å². The summed E-state index contributed by atoms with van der Waals surface area (Å²) < 4.78 is 0. The van der Waals surface area contributed by atoms with Gasteiger partial charge in [-0.2, -0.15) is 0 Å². The third-order valence-corrected chi connectivity index (χ3v) is 2.97. The quantitative estimate of drug-likeness (QED) is 0.882. The van der Waals surface area contributed by atoms with Crippen LogP contribution in [0.15, 0.2) is 12.1 Å². The molecule has 0 unspecified atom stereocenters. The number of rotatable bonds is 4. The molecule has 5 nitrogen and oxygen atoms in total. The Labute approximate surface area is 108 Å². The second kappa shape index (κ2) is 5.80. The largest absolute Gasteiger partial charge is 0.368 e. The summed E-state index contributed by atoms with van der Waals surface area (Å²) in [5, 5.41) is 11.2. The van der Waals surface area contributed by atoms with Crippen LogP contribution in [0.4, 0.5) is 5.82 Å². The molecule has 1 amide bonds. The first-order chi connectivity index (χ1) is 8.66. The molecule has 0 bridgehead atoms. The van der Waals surface area contributed by atoms with E-state index in [-0.39, 0.29) is 5.91 Å². The lowest BCUT2D eigenvalue weighted by Crippen LogP contribution is -2.28. The van der Waals surface area contributed by atoms with Crippen molar-refractivity contribution in [1.82, 2.24) is 15.1 Å². The molecule has 1 aliphatic heterocycles. The minimum Gasteiger partial charge on any atom is -0.368 e. The summed E-state index contributed by atoms with van der Waals surface area (Å²) in [5.41, 5.74) is 0.437. The van der Waals surface area contributed by atoms with Gasteiger partial charge < -0.3 is 10.2 Å². The van der Waals surface area contributed by atoms with Gasteiger partial charge in [-0.05, 0) is 30.9 Å². The van der Waals surface area contributed by atoms with Crippen molar-refractivity contribution in [3.63, 3.8) is 0 Å². The van der Waals surface area contributed by atoms with E-state index < -0.39 is 0 Å². The van der Waals surface area contributed by atoms with E-state index in [0.29, 0.717) is 11.6 Å². The summed E-state index contributed by atoms with van der Waals surface area (Å²) in [6.07, 6.45) is 2.18. The average Bonchev–Trinajstić information content (AvgIpc) is 2.90. The van der Waals surface area contributed by atoms with Crippen LogP contribution in [-0.2, 0) is 0 Å². The summed E-state index contributed by atoms with van der Waals surface area (Å²) in [6, 6.07) is 3.56. The van der Waals surface area contributed by atoms with Crippen molar-refractivity contribution in [1.29, 1.82) is 0 Å². The van der Waals surface area contributed by atoms with Crippen LogP contribution in [0, 0.1) is 5.92 Å². The minimum absolute atomic E-state index is 0.00425. The van der Waals surface area contributed by atoms with Gasteiger partial charge in [0.1, 0.15) is 5.82 Å². The molecule has 98 valence electrons. The van der Waals surface area contributed by atoms with E-state index in [9.17, 15) is 4.79 Å². The van der Waals surface area contributed by atoms with Crippen molar-refractivity contribution in [2.24, 2.45) is 5.92 Å². The van der Waals surface area contributed by atoms with Gasteiger partial charge >= 0.3 is 0 Å². The fraction of sp³-hybridized carbons (Fsp3) is 0.615. The predicted molar refractivity (Wildman–Crippen MR) is 70.5 cm³/mol. The first-order valence-electron chi connectivity index (χ1n) is 6.53. The smallest absolute Gasteiger partial charge is 0.274 e. The summed E-state index contributed by atoms with van der Waals surface area (Å²) in [5.74, 6) is 1.27. The number of nitrogens with one attached hydrogen (secondary N) is 1. The maximum absolute atomic E-state index is 12.0. The van der Waals surface area contributed by atoms with Crippen LogP contribution in [0.2, 0.25) is 0 Å². The molecule has 1 aromatic heterocycles. The monoisotopic (exact) mass is 248 g/mol. The molecule has 0 atom stereocenters. The van der Waals surface area contributed by atoms with Gasteiger partial charge in [0.05, 0.1) is 0 Å². The molecule has 18 heavy (non-hydrogen) atoms. The Morgan fingerprint density at radius 1 is 1.33 bits per heavy atom. The van der Waals surface area contributed by atoms with Gasteiger partial charge in [-0.25, -0.2) is 0 Å². The Morgan fingerprint density at radius 3 is 2.61 bits per heavy atom. The Morgan fingerprint density at radius 2 is 2.06 bits per heavy atom. The lowest BCUT2D eigenvalue weighted by Gasteiger charge is -2.14. The van der Waals surface area contributed by atoms with E-state index in [0.717, 1.165) is 38.3 Å². The van der Waals surface area contributed by atoms with Crippen LogP contribution in [-0.4, -0.2) is 40.6 Å². The molecule has 5 heteroatoms. The molecular formula is C13H20N4O. The first kappa shape index (κ1) is 12.8. The van der Waals surface area contributed by atoms with Gasteiger partial charge in [0.25, 0.3) is 5.91 Å². The molecule has 0 spiro atoms. The Kier molecular flexibility index (Phi) is 4.12. The molecule has 1 aliphatic rings. The number of carbonyl (C=O) groups is 1. The van der Waals surface area contributed by atoms with Gasteiger partial charge in [0, 0.05) is 19.6 Å².